The topological polar surface area (TPSA) is 73.8 Å². The molecule has 4 aromatic rings. The summed E-state index contributed by atoms with van der Waals surface area (Å²) >= 11 is 0. The Morgan fingerprint density at radius 3 is 2.53 bits per heavy atom. The third-order valence-corrected chi connectivity index (χ3v) is 9.82. The van der Waals surface area contributed by atoms with Gasteiger partial charge in [0.05, 0.1) is 5.56 Å². The molecule has 4 atom stereocenters. The number of aromatic nitrogens is 2. The van der Waals surface area contributed by atoms with E-state index >= 15 is 13.2 Å². The molecule has 1 aromatic heterocycles. The number of nitrogens with one attached hydrogen (secondary N) is 1. The van der Waals surface area contributed by atoms with Gasteiger partial charge < -0.3 is 25.0 Å². The number of rotatable bonds is 6. The molecule has 0 radical (unpaired) electrons. The number of piperazine rings is 1. The highest BCUT2D eigenvalue weighted by atomic mass is 19.1. The van der Waals surface area contributed by atoms with Crippen LogP contribution < -0.4 is 15.0 Å². The molecular weight excluding hydrogens is 586 g/mol. The molecular formula is C34H37F4N5O2. The van der Waals surface area contributed by atoms with Gasteiger partial charge in [-0.05, 0) is 78.9 Å². The van der Waals surface area contributed by atoms with E-state index in [0.717, 1.165) is 12.8 Å². The Labute approximate surface area is 259 Å². The fourth-order valence-electron chi connectivity index (χ4n) is 7.57. The monoisotopic (exact) mass is 623 g/mol. The van der Waals surface area contributed by atoms with Crippen LogP contribution in [-0.2, 0) is 6.42 Å². The van der Waals surface area contributed by atoms with Crippen LogP contribution >= 0.6 is 0 Å². The second kappa shape index (κ2) is 11.3. The number of aromatic hydroxyl groups is 1. The maximum atomic E-state index is 16.8. The molecule has 0 spiro atoms. The lowest BCUT2D eigenvalue weighted by Crippen LogP contribution is -2.51. The standard InChI is InChI=1S/C34H37F4N5O2/c1-4-22-25(35)8-5-18-11-21(44)12-23(28(18)22)29-26(36)13-24-31(30(29)38)40-33(45-17-34(2)16-42(3)10-9-27(34)37)41-32(24)43-14-19-6-7-20(15-43)39-19/h5,8,11-13,19-20,27,39,44H,4,6-7,9-10,14-17H2,1-3H3/t19-,20+,27?,34-/m0/s1. The molecule has 4 heterocycles. The average Bonchev–Trinajstić information content (AvgIpc) is 3.35. The van der Waals surface area contributed by atoms with Crippen molar-refractivity contribution < 1.29 is 27.4 Å². The number of benzene rings is 3. The van der Waals surface area contributed by atoms with E-state index in [-0.39, 0.29) is 58.9 Å². The normalized spacial score (nSPS) is 25.4. The first-order valence-electron chi connectivity index (χ1n) is 15.6. The molecule has 3 saturated heterocycles. The number of anilines is 1. The summed E-state index contributed by atoms with van der Waals surface area (Å²) < 4.78 is 69.2. The van der Waals surface area contributed by atoms with Crippen LogP contribution in [0.2, 0.25) is 0 Å². The molecule has 0 amide bonds. The number of phenols is 1. The van der Waals surface area contributed by atoms with Crippen LogP contribution in [0.25, 0.3) is 32.8 Å². The first kappa shape index (κ1) is 30.0. The highest BCUT2D eigenvalue weighted by Crippen LogP contribution is 2.42. The number of hydrogen-bond donors (Lipinski definition) is 2. The summed E-state index contributed by atoms with van der Waals surface area (Å²) in [5.74, 6) is -2.21. The predicted molar refractivity (Wildman–Crippen MR) is 166 cm³/mol. The number of ether oxygens (including phenoxy) is 1. The molecule has 0 saturated carbocycles. The Bertz CT molecular complexity index is 1790. The Morgan fingerprint density at radius 2 is 1.80 bits per heavy atom. The third kappa shape index (κ3) is 5.23. The van der Waals surface area contributed by atoms with Crippen LogP contribution in [0.1, 0.15) is 38.7 Å². The molecule has 1 unspecified atom stereocenters. The zero-order valence-corrected chi connectivity index (χ0v) is 25.6. The summed E-state index contributed by atoms with van der Waals surface area (Å²) in [6.07, 6.45) is 1.54. The number of fused-ring (bicyclic) bond motifs is 4. The van der Waals surface area contributed by atoms with Crippen LogP contribution in [0.4, 0.5) is 23.4 Å². The smallest absolute Gasteiger partial charge is 0.319 e. The van der Waals surface area contributed by atoms with Crippen LogP contribution in [0.5, 0.6) is 11.8 Å². The molecule has 7 rings (SSSR count). The number of halogens is 4. The second-order valence-corrected chi connectivity index (χ2v) is 13.2. The number of aryl methyl sites for hydroxylation is 1. The first-order chi connectivity index (χ1) is 21.5. The molecule has 3 aliphatic heterocycles. The van der Waals surface area contributed by atoms with E-state index in [1.807, 2.05) is 23.8 Å². The van der Waals surface area contributed by atoms with Gasteiger partial charge in [0.1, 0.15) is 41.5 Å². The Morgan fingerprint density at radius 1 is 1.04 bits per heavy atom. The number of piperidine rings is 1. The van der Waals surface area contributed by atoms with Crippen molar-refractivity contribution >= 4 is 27.5 Å². The lowest BCUT2D eigenvalue weighted by atomic mass is 9.81. The summed E-state index contributed by atoms with van der Waals surface area (Å²) in [7, 11) is 1.93. The molecule has 3 aromatic carbocycles. The van der Waals surface area contributed by atoms with Gasteiger partial charge in [-0.3, -0.25) is 0 Å². The van der Waals surface area contributed by atoms with Crippen LogP contribution in [0.15, 0.2) is 30.3 Å². The summed E-state index contributed by atoms with van der Waals surface area (Å²) in [5.41, 5.74) is -1.10. The van der Waals surface area contributed by atoms with Crippen molar-refractivity contribution in [2.45, 2.75) is 57.8 Å². The zero-order chi connectivity index (χ0) is 31.6. The lowest BCUT2D eigenvalue weighted by molar-refractivity contribution is -0.00844. The van der Waals surface area contributed by atoms with E-state index in [1.165, 1.54) is 30.3 Å². The van der Waals surface area contributed by atoms with Gasteiger partial charge in [-0.25, -0.2) is 17.6 Å². The van der Waals surface area contributed by atoms with Crippen molar-refractivity contribution in [3.8, 4) is 22.9 Å². The highest BCUT2D eigenvalue weighted by Gasteiger charge is 2.40. The molecule has 3 aliphatic rings. The lowest BCUT2D eigenvalue weighted by Gasteiger charge is -2.40. The number of hydrogen-bond acceptors (Lipinski definition) is 7. The van der Waals surface area contributed by atoms with Gasteiger partial charge in [-0.2, -0.15) is 9.97 Å². The maximum Gasteiger partial charge on any atom is 0.319 e. The Kier molecular flexibility index (Phi) is 7.51. The largest absolute Gasteiger partial charge is 0.508 e. The molecule has 45 heavy (non-hydrogen) atoms. The van der Waals surface area contributed by atoms with E-state index in [4.69, 9.17) is 4.74 Å². The fraction of sp³-hybridized carbons (Fsp3) is 0.471. The average molecular weight is 624 g/mol. The van der Waals surface area contributed by atoms with Crippen molar-refractivity contribution in [1.82, 2.24) is 20.2 Å². The Hall–Kier alpha value is -3.70. The molecule has 238 valence electrons. The van der Waals surface area contributed by atoms with E-state index in [0.29, 0.717) is 49.2 Å². The summed E-state index contributed by atoms with van der Waals surface area (Å²) in [5, 5.41) is 15.1. The van der Waals surface area contributed by atoms with Crippen molar-refractivity contribution in [2.24, 2.45) is 5.41 Å². The van der Waals surface area contributed by atoms with Gasteiger partial charge in [0, 0.05) is 49.1 Å². The summed E-state index contributed by atoms with van der Waals surface area (Å²) in [6, 6.07) is 7.00. The minimum Gasteiger partial charge on any atom is -0.508 e. The van der Waals surface area contributed by atoms with E-state index in [1.54, 1.807) is 6.92 Å². The fourth-order valence-corrected chi connectivity index (χ4v) is 7.57. The van der Waals surface area contributed by atoms with Gasteiger partial charge in [0.15, 0.2) is 5.82 Å². The van der Waals surface area contributed by atoms with Gasteiger partial charge in [-0.1, -0.05) is 19.9 Å². The van der Waals surface area contributed by atoms with Gasteiger partial charge >= 0.3 is 6.01 Å². The second-order valence-electron chi connectivity index (χ2n) is 13.2. The maximum absolute atomic E-state index is 16.8. The van der Waals surface area contributed by atoms with Crippen LogP contribution in [0, 0.1) is 22.9 Å². The number of phenolic OH excluding ortho intramolecular Hbond substituents is 1. The summed E-state index contributed by atoms with van der Waals surface area (Å²) in [6.45, 7) is 5.86. The van der Waals surface area contributed by atoms with Gasteiger partial charge in [0.2, 0.25) is 0 Å². The number of likely N-dealkylation sites (tertiary alicyclic amines) is 1. The van der Waals surface area contributed by atoms with E-state index in [9.17, 15) is 9.50 Å². The predicted octanol–water partition coefficient (Wildman–Crippen LogP) is 6.13. The number of nitrogens with zero attached hydrogens (tertiary/aromatic N) is 4. The molecule has 7 nitrogen and oxygen atoms in total. The first-order valence-corrected chi connectivity index (χ1v) is 15.6. The van der Waals surface area contributed by atoms with Crippen LogP contribution in [-0.4, -0.2) is 78.1 Å². The SMILES string of the molecule is CCc1c(F)ccc2cc(O)cc(-c3c(F)cc4c(N5C[C@H]6CC[C@@H](C5)N6)nc(OC[C@]5(C)CN(C)CCC5F)nc4c3F)c12. The van der Waals surface area contributed by atoms with Crippen LogP contribution in [0.3, 0.4) is 0 Å². The number of alkyl halides is 1. The molecule has 11 heteroatoms. The third-order valence-electron chi connectivity index (χ3n) is 9.82. The van der Waals surface area contributed by atoms with E-state index in [2.05, 4.69) is 15.3 Å². The molecule has 2 bridgehead atoms. The minimum absolute atomic E-state index is 0.0255. The van der Waals surface area contributed by atoms with Gasteiger partial charge in [0.25, 0.3) is 0 Å². The van der Waals surface area contributed by atoms with Crippen molar-refractivity contribution in [1.29, 1.82) is 0 Å². The van der Waals surface area contributed by atoms with Gasteiger partial charge in [-0.15, -0.1) is 0 Å². The minimum atomic E-state index is -1.10. The molecule has 2 N–H and O–H groups in total. The quantitative estimate of drug-likeness (QED) is 0.250. The summed E-state index contributed by atoms with van der Waals surface area (Å²) in [4.78, 5) is 13.2. The molecule has 3 fully saturated rings. The Balaban J connectivity index is 1.40. The van der Waals surface area contributed by atoms with E-state index < -0.39 is 34.6 Å². The zero-order valence-electron chi connectivity index (χ0n) is 25.6. The molecule has 0 aliphatic carbocycles. The van der Waals surface area contributed by atoms with Crippen molar-refractivity contribution in [3.05, 3.63) is 53.3 Å². The highest BCUT2D eigenvalue weighted by molar-refractivity contribution is 6.03. The van der Waals surface area contributed by atoms with Crippen molar-refractivity contribution in [2.75, 3.05) is 44.7 Å². The van der Waals surface area contributed by atoms with Crippen molar-refractivity contribution in [3.63, 3.8) is 0 Å².